The van der Waals surface area contributed by atoms with Crippen LogP contribution in [0.5, 0.6) is 11.5 Å². The van der Waals surface area contributed by atoms with Crippen LogP contribution in [0.3, 0.4) is 0 Å². The molecule has 0 radical (unpaired) electrons. The molecule has 1 heterocycles. The van der Waals surface area contributed by atoms with Crippen molar-refractivity contribution in [3.05, 3.63) is 51.1 Å². The van der Waals surface area contributed by atoms with E-state index in [1.54, 1.807) is 0 Å². The summed E-state index contributed by atoms with van der Waals surface area (Å²) in [6.07, 6.45) is -5.49. The van der Waals surface area contributed by atoms with Crippen LogP contribution in [0.1, 0.15) is 5.56 Å². The second kappa shape index (κ2) is 6.85. The van der Waals surface area contributed by atoms with Crippen LogP contribution in [0.25, 0.3) is 22.8 Å². The van der Waals surface area contributed by atoms with Gasteiger partial charge in [0.15, 0.2) is 34.6 Å². The zero-order chi connectivity index (χ0) is 22.5. The SMILES string of the molecule is O=[N+]([O-])c1c(O)c(O)cc(-c2nc(-c3cc(F)c(F)c(F)c3F)no2)c1C(F)(F)F. The molecule has 158 valence electrons. The number of alkyl halides is 3. The highest BCUT2D eigenvalue weighted by Crippen LogP contribution is 2.50. The third-order valence-electron chi connectivity index (χ3n) is 3.72. The minimum absolute atomic E-state index is 0.101. The molecule has 0 aliphatic rings. The molecule has 30 heavy (non-hydrogen) atoms. The summed E-state index contributed by atoms with van der Waals surface area (Å²) in [6, 6.07) is 0.300. The van der Waals surface area contributed by atoms with Crippen molar-refractivity contribution in [3.63, 3.8) is 0 Å². The third kappa shape index (κ3) is 3.23. The van der Waals surface area contributed by atoms with Crippen molar-refractivity contribution < 1.29 is 50.4 Å². The lowest BCUT2D eigenvalue weighted by Crippen LogP contribution is -2.11. The maximum atomic E-state index is 13.8. The summed E-state index contributed by atoms with van der Waals surface area (Å²) in [6.45, 7) is 0. The number of benzene rings is 2. The van der Waals surface area contributed by atoms with Gasteiger partial charge in [-0.2, -0.15) is 18.2 Å². The Labute approximate surface area is 158 Å². The first-order valence-corrected chi connectivity index (χ1v) is 7.32. The van der Waals surface area contributed by atoms with E-state index >= 15 is 0 Å². The Bertz CT molecular complexity index is 1190. The molecule has 2 N–H and O–H groups in total. The minimum atomic E-state index is -5.49. The van der Waals surface area contributed by atoms with E-state index in [0.29, 0.717) is 0 Å². The van der Waals surface area contributed by atoms with Crippen molar-refractivity contribution in [2.75, 3.05) is 0 Å². The number of nitro benzene ring substituents is 1. The highest BCUT2D eigenvalue weighted by atomic mass is 19.4. The summed E-state index contributed by atoms with van der Waals surface area (Å²) in [4.78, 5) is 12.6. The molecule has 8 nitrogen and oxygen atoms in total. The van der Waals surface area contributed by atoms with Crippen LogP contribution in [0.4, 0.5) is 36.4 Å². The Balaban J connectivity index is 2.28. The lowest BCUT2D eigenvalue weighted by molar-refractivity contribution is -0.389. The predicted molar refractivity (Wildman–Crippen MR) is 80.0 cm³/mol. The van der Waals surface area contributed by atoms with Gasteiger partial charge in [-0.05, 0) is 12.1 Å². The summed E-state index contributed by atoms with van der Waals surface area (Å²) >= 11 is 0. The zero-order valence-corrected chi connectivity index (χ0v) is 13.8. The molecule has 3 rings (SSSR count). The van der Waals surface area contributed by atoms with Gasteiger partial charge in [0.05, 0.1) is 16.1 Å². The molecule has 3 aromatic rings. The van der Waals surface area contributed by atoms with Gasteiger partial charge >= 0.3 is 11.9 Å². The molecule has 2 aromatic carbocycles. The number of rotatable bonds is 3. The van der Waals surface area contributed by atoms with E-state index in [2.05, 4.69) is 14.7 Å². The topological polar surface area (TPSA) is 123 Å². The molecular formula is C15H4F7N3O5. The van der Waals surface area contributed by atoms with E-state index in [1.165, 1.54) is 0 Å². The Morgan fingerprint density at radius 3 is 2.20 bits per heavy atom. The average molecular weight is 439 g/mol. The van der Waals surface area contributed by atoms with Gasteiger partial charge < -0.3 is 14.7 Å². The van der Waals surface area contributed by atoms with E-state index in [0.717, 1.165) is 0 Å². The number of aromatic nitrogens is 2. The molecule has 0 amide bonds. The van der Waals surface area contributed by atoms with Crippen molar-refractivity contribution in [1.82, 2.24) is 10.1 Å². The van der Waals surface area contributed by atoms with Crippen molar-refractivity contribution >= 4 is 5.69 Å². The molecule has 15 heteroatoms. The smallest absolute Gasteiger partial charge is 0.423 e. The lowest BCUT2D eigenvalue weighted by atomic mass is 10.0. The minimum Gasteiger partial charge on any atom is -0.504 e. The van der Waals surface area contributed by atoms with Crippen LogP contribution >= 0.6 is 0 Å². The number of nitro groups is 1. The highest BCUT2D eigenvalue weighted by molar-refractivity contribution is 5.75. The van der Waals surface area contributed by atoms with Gasteiger partial charge in [-0.25, -0.2) is 17.6 Å². The number of halogens is 7. The van der Waals surface area contributed by atoms with Crippen LogP contribution in [0.15, 0.2) is 16.7 Å². The summed E-state index contributed by atoms with van der Waals surface area (Å²) in [5.41, 5.74) is -6.48. The van der Waals surface area contributed by atoms with Crippen LogP contribution < -0.4 is 0 Å². The predicted octanol–water partition coefficient (Wildman–Crippen LogP) is 4.30. The van der Waals surface area contributed by atoms with Gasteiger partial charge in [0.1, 0.15) is 0 Å². The highest BCUT2D eigenvalue weighted by Gasteiger charge is 2.45. The fourth-order valence-electron chi connectivity index (χ4n) is 2.46. The normalized spacial score (nSPS) is 11.7. The van der Waals surface area contributed by atoms with Crippen LogP contribution in [-0.4, -0.2) is 25.3 Å². The number of phenolic OH excluding ortho intramolecular Hbond substituents is 2. The van der Waals surface area contributed by atoms with E-state index < -0.39 is 80.0 Å². The van der Waals surface area contributed by atoms with Gasteiger partial charge in [0.25, 0.3) is 5.89 Å². The molecule has 0 unspecified atom stereocenters. The second-order valence-corrected chi connectivity index (χ2v) is 5.54. The summed E-state index contributed by atoms with van der Waals surface area (Å²) in [5.74, 6) is -13.6. The van der Waals surface area contributed by atoms with Crippen molar-refractivity contribution in [3.8, 4) is 34.3 Å². The van der Waals surface area contributed by atoms with Gasteiger partial charge in [0, 0.05) is 0 Å². The first-order chi connectivity index (χ1) is 13.8. The first kappa shape index (κ1) is 20.8. The van der Waals surface area contributed by atoms with E-state index in [4.69, 9.17) is 0 Å². The zero-order valence-electron chi connectivity index (χ0n) is 13.8. The summed E-state index contributed by atoms with van der Waals surface area (Å²) < 4.78 is 98.3. The maximum Gasteiger partial charge on any atom is 0.423 e. The summed E-state index contributed by atoms with van der Waals surface area (Å²) in [5, 5.41) is 33.0. The fraction of sp³-hybridized carbons (Fsp3) is 0.0667. The van der Waals surface area contributed by atoms with Crippen molar-refractivity contribution in [2.45, 2.75) is 6.18 Å². The van der Waals surface area contributed by atoms with Gasteiger partial charge in [-0.15, -0.1) is 0 Å². The van der Waals surface area contributed by atoms with Crippen molar-refractivity contribution in [1.29, 1.82) is 0 Å². The Kier molecular flexibility index (Phi) is 4.76. The third-order valence-corrected chi connectivity index (χ3v) is 3.72. The lowest BCUT2D eigenvalue weighted by Gasteiger charge is -2.12. The second-order valence-electron chi connectivity index (χ2n) is 5.54. The Morgan fingerprint density at radius 1 is 1.00 bits per heavy atom. The van der Waals surface area contributed by atoms with E-state index in [9.17, 15) is 51.1 Å². The van der Waals surface area contributed by atoms with E-state index in [-0.39, 0.29) is 12.1 Å². The molecule has 1 aromatic heterocycles. The van der Waals surface area contributed by atoms with Crippen LogP contribution in [0, 0.1) is 33.4 Å². The quantitative estimate of drug-likeness (QED) is 0.156. The molecule has 0 aliphatic carbocycles. The van der Waals surface area contributed by atoms with E-state index in [1.807, 2.05) is 0 Å². The average Bonchev–Trinajstić information content (AvgIpc) is 3.13. The monoisotopic (exact) mass is 439 g/mol. The number of hydrogen-bond acceptors (Lipinski definition) is 7. The fourth-order valence-corrected chi connectivity index (χ4v) is 2.46. The standard InChI is InChI=1S/C15H4F7N3O5/c16-5-1-4(8(17)10(19)9(5)18)13-23-14(30-24-13)3-2-6(26)12(27)11(25(28)29)7(3)15(20,21)22/h1-2,26-27H. The molecule has 0 spiro atoms. The number of aromatic hydroxyl groups is 2. The molecule has 0 saturated heterocycles. The first-order valence-electron chi connectivity index (χ1n) is 7.32. The number of nitrogens with zero attached hydrogens (tertiary/aromatic N) is 3. The molecule has 0 bridgehead atoms. The molecule has 0 aliphatic heterocycles. The molecule has 0 saturated carbocycles. The Hall–Kier alpha value is -3.91. The largest absolute Gasteiger partial charge is 0.504 e. The summed E-state index contributed by atoms with van der Waals surface area (Å²) in [7, 11) is 0. The van der Waals surface area contributed by atoms with Gasteiger partial charge in [-0.3, -0.25) is 10.1 Å². The van der Waals surface area contributed by atoms with Crippen LogP contribution in [-0.2, 0) is 6.18 Å². The molecule has 0 atom stereocenters. The number of hydrogen-bond donors (Lipinski definition) is 2. The van der Waals surface area contributed by atoms with Crippen LogP contribution in [0.2, 0.25) is 0 Å². The molecule has 0 fully saturated rings. The van der Waals surface area contributed by atoms with Crippen molar-refractivity contribution in [2.24, 2.45) is 0 Å². The van der Waals surface area contributed by atoms with Gasteiger partial charge in [-0.1, -0.05) is 5.16 Å². The Morgan fingerprint density at radius 2 is 1.63 bits per heavy atom. The van der Waals surface area contributed by atoms with Gasteiger partial charge in [0.2, 0.25) is 11.6 Å². The maximum absolute atomic E-state index is 13.8. The number of phenols is 2. The molecular weight excluding hydrogens is 435 g/mol.